The second kappa shape index (κ2) is 11.9. The number of nitrogens with zero attached hydrogens (tertiary/aromatic N) is 1. The van der Waals surface area contributed by atoms with Gasteiger partial charge in [-0.1, -0.05) is 43.9 Å². The fraction of sp³-hybridized carbons (Fsp3) is 0.478. The lowest BCUT2D eigenvalue weighted by atomic mass is 10.1. The SMILES string of the molecule is CCN(CCC(Oc1ccccc1CC=O)c1cccs1)C(=O)OCC[Si](C)(C)C. The fourth-order valence-electron chi connectivity index (χ4n) is 2.95. The third kappa shape index (κ3) is 7.95. The minimum absolute atomic E-state index is 0.193. The molecule has 0 fully saturated rings. The molecule has 30 heavy (non-hydrogen) atoms. The van der Waals surface area contributed by atoms with Crippen LogP contribution < -0.4 is 4.74 Å². The Balaban J connectivity index is 2.03. The van der Waals surface area contributed by atoms with Crippen LogP contribution in [0.15, 0.2) is 41.8 Å². The maximum absolute atomic E-state index is 12.5. The van der Waals surface area contributed by atoms with Gasteiger partial charge in [0, 0.05) is 44.4 Å². The molecule has 1 amide bonds. The van der Waals surface area contributed by atoms with Crippen molar-refractivity contribution in [2.45, 2.75) is 51.6 Å². The highest BCUT2D eigenvalue weighted by Crippen LogP contribution is 2.30. The first-order valence-corrected chi connectivity index (χ1v) is 15.1. The molecule has 1 unspecified atom stereocenters. The number of thiophene rings is 1. The molecular weight excluding hydrogens is 414 g/mol. The van der Waals surface area contributed by atoms with Gasteiger partial charge in [0.05, 0.1) is 6.61 Å². The van der Waals surface area contributed by atoms with Gasteiger partial charge in [0.25, 0.3) is 0 Å². The highest BCUT2D eigenvalue weighted by molar-refractivity contribution is 7.10. The summed E-state index contributed by atoms with van der Waals surface area (Å²) in [6, 6.07) is 12.6. The van der Waals surface area contributed by atoms with Crippen LogP contribution in [0.25, 0.3) is 0 Å². The predicted molar refractivity (Wildman–Crippen MR) is 125 cm³/mol. The van der Waals surface area contributed by atoms with Crippen molar-refractivity contribution in [3.63, 3.8) is 0 Å². The highest BCUT2D eigenvalue weighted by Gasteiger charge is 2.21. The van der Waals surface area contributed by atoms with E-state index in [9.17, 15) is 9.59 Å². The number of ether oxygens (including phenoxy) is 2. The minimum Gasteiger partial charge on any atom is -0.485 e. The normalized spacial score (nSPS) is 12.3. The van der Waals surface area contributed by atoms with Crippen molar-refractivity contribution in [2.24, 2.45) is 0 Å². The van der Waals surface area contributed by atoms with Gasteiger partial charge in [0.2, 0.25) is 0 Å². The summed E-state index contributed by atoms with van der Waals surface area (Å²) in [4.78, 5) is 26.3. The summed E-state index contributed by atoms with van der Waals surface area (Å²) in [5.41, 5.74) is 0.868. The molecule has 0 aliphatic carbocycles. The van der Waals surface area contributed by atoms with E-state index in [2.05, 4.69) is 19.6 Å². The Morgan fingerprint density at radius 3 is 2.60 bits per heavy atom. The number of hydrogen-bond donors (Lipinski definition) is 0. The molecule has 0 bridgehead atoms. The summed E-state index contributed by atoms with van der Waals surface area (Å²) < 4.78 is 11.8. The number of para-hydroxylation sites is 1. The van der Waals surface area contributed by atoms with Crippen molar-refractivity contribution in [3.05, 3.63) is 52.2 Å². The number of hydrogen-bond acceptors (Lipinski definition) is 5. The van der Waals surface area contributed by atoms with Gasteiger partial charge in [-0.2, -0.15) is 0 Å². The molecule has 1 aromatic carbocycles. The van der Waals surface area contributed by atoms with E-state index in [1.165, 1.54) is 0 Å². The molecule has 1 heterocycles. The van der Waals surface area contributed by atoms with Crippen molar-refractivity contribution < 1.29 is 19.1 Å². The molecular formula is C23H33NO4SSi. The van der Waals surface area contributed by atoms with Gasteiger partial charge in [-0.25, -0.2) is 4.79 Å². The largest absolute Gasteiger partial charge is 0.485 e. The van der Waals surface area contributed by atoms with E-state index in [1.807, 2.05) is 48.7 Å². The summed E-state index contributed by atoms with van der Waals surface area (Å²) in [5, 5.41) is 2.02. The van der Waals surface area contributed by atoms with Crippen molar-refractivity contribution in [1.82, 2.24) is 4.90 Å². The molecule has 1 aromatic heterocycles. The summed E-state index contributed by atoms with van der Waals surface area (Å²) in [6.07, 6.45) is 1.39. The minimum atomic E-state index is -1.24. The first-order chi connectivity index (χ1) is 14.3. The number of amides is 1. The Kier molecular flexibility index (Phi) is 9.59. The van der Waals surface area contributed by atoms with E-state index in [4.69, 9.17) is 9.47 Å². The molecule has 2 rings (SSSR count). The Bertz CT molecular complexity index is 789. The summed E-state index contributed by atoms with van der Waals surface area (Å²) in [6.45, 7) is 10.4. The topological polar surface area (TPSA) is 55.8 Å². The van der Waals surface area contributed by atoms with E-state index in [1.54, 1.807) is 16.2 Å². The molecule has 0 saturated carbocycles. The first kappa shape index (κ1) is 24.1. The number of carbonyl (C=O) groups excluding carboxylic acids is 2. The van der Waals surface area contributed by atoms with Crippen molar-refractivity contribution in [3.8, 4) is 5.75 Å². The molecule has 0 spiro atoms. The Hall–Kier alpha value is -2.12. The van der Waals surface area contributed by atoms with Crippen LogP contribution in [0.5, 0.6) is 5.75 Å². The van der Waals surface area contributed by atoms with Gasteiger partial charge in [-0.15, -0.1) is 11.3 Å². The average molecular weight is 448 g/mol. The number of carbonyl (C=O) groups is 2. The fourth-order valence-corrected chi connectivity index (χ4v) is 4.46. The smallest absolute Gasteiger partial charge is 0.409 e. The number of benzene rings is 1. The van der Waals surface area contributed by atoms with Gasteiger partial charge < -0.3 is 19.2 Å². The quantitative estimate of drug-likeness (QED) is 0.305. The van der Waals surface area contributed by atoms with E-state index < -0.39 is 8.07 Å². The first-order valence-electron chi connectivity index (χ1n) is 10.5. The molecule has 5 nitrogen and oxygen atoms in total. The molecule has 0 saturated heterocycles. The second-order valence-electron chi connectivity index (χ2n) is 8.39. The van der Waals surface area contributed by atoms with E-state index in [0.29, 0.717) is 38.3 Å². The van der Waals surface area contributed by atoms with E-state index in [-0.39, 0.29) is 12.2 Å². The Morgan fingerprint density at radius 2 is 1.97 bits per heavy atom. The standard InChI is InChI=1S/C23H33NO4SSi/c1-5-24(23(26)27-16-18-30(2,3)4)14-12-21(22-11-8-17-29-22)28-20-10-7-6-9-19(20)13-15-25/h6-11,15,17,21H,5,12-14,16,18H2,1-4H3. The molecule has 1 atom stereocenters. The maximum atomic E-state index is 12.5. The third-order valence-electron chi connectivity index (χ3n) is 4.78. The van der Waals surface area contributed by atoms with E-state index >= 15 is 0 Å². The second-order valence-corrected chi connectivity index (χ2v) is 15.0. The van der Waals surface area contributed by atoms with Crippen LogP contribution in [0.2, 0.25) is 25.7 Å². The third-order valence-corrected chi connectivity index (χ3v) is 7.45. The lowest BCUT2D eigenvalue weighted by Crippen LogP contribution is -2.34. The summed E-state index contributed by atoms with van der Waals surface area (Å²) in [5.74, 6) is 0.712. The van der Waals surface area contributed by atoms with Crippen LogP contribution in [-0.2, 0) is 16.0 Å². The Morgan fingerprint density at radius 1 is 1.20 bits per heavy atom. The van der Waals surface area contributed by atoms with Crippen LogP contribution in [0.1, 0.15) is 29.9 Å². The van der Waals surface area contributed by atoms with Gasteiger partial charge in [0.1, 0.15) is 18.1 Å². The van der Waals surface area contributed by atoms with E-state index in [0.717, 1.165) is 22.8 Å². The van der Waals surface area contributed by atoms with Crippen molar-refractivity contribution in [1.29, 1.82) is 0 Å². The zero-order chi connectivity index (χ0) is 22.0. The van der Waals surface area contributed by atoms with Crippen LogP contribution in [-0.4, -0.2) is 45.0 Å². The number of rotatable bonds is 12. The van der Waals surface area contributed by atoms with Crippen LogP contribution in [0.4, 0.5) is 4.79 Å². The highest BCUT2D eigenvalue weighted by atomic mass is 32.1. The zero-order valence-electron chi connectivity index (χ0n) is 18.4. The summed E-state index contributed by atoms with van der Waals surface area (Å²) in [7, 11) is -1.24. The van der Waals surface area contributed by atoms with Gasteiger partial charge in [-0.3, -0.25) is 0 Å². The molecule has 0 aliphatic rings. The lowest BCUT2D eigenvalue weighted by Gasteiger charge is -2.25. The molecule has 0 N–H and O–H groups in total. The van der Waals surface area contributed by atoms with Crippen molar-refractivity contribution >= 4 is 31.8 Å². The molecule has 2 aromatic rings. The maximum Gasteiger partial charge on any atom is 0.409 e. The monoisotopic (exact) mass is 447 g/mol. The molecule has 7 heteroatoms. The van der Waals surface area contributed by atoms with Crippen LogP contribution >= 0.6 is 11.3 Å². The average Bonchev–Trinajstić information content (AvgIpc) is 3.22. The van der Waals surface area contributed by atoms with Gasteiger partial charge in [-0.05, 0) is 30.5 Å². The molecule has 164 valence electrons. The van der Waals surface area contributed by atoms with Gasteiger partial charge >= 0.3 is 6.09 Å². The molecule has 0 radical (unpaired) electrons. The van der Waals surface area contributed by atoms with Crippen LogP contribution in [0, 0.1) is 0 Å². The summed E-state index contributed by atoms with van der Waals surface area (Å²) >= 11 is 1.63. The predicted octanol–water partition coefficient (Wildman–Crippen LogP) is 5.80. The van der Waals surface area contributed by atoms with Gasteiger partial charge in [0.15, 0.2) is 0 Å². The zero-order valence-corrected chi connectivity index (χ0v) is 20.2. The number of aldehydes is 1. The van der Waals surface area contributed by atoms with Crippen LogP contribution in [0.3, 0.4) is 0 Å². The Labute approximate surface area is 185 Å². The van der Waals surface area contributed by atoms with Crippen molar-refractivity contribution in [2.75, 3.05) is 19.7 Å². The lowest BCUT2D eigenvalue weighted by molar-refractivity contribution is -0.107. The molecule has 0 aliphatic heterocycles.